The summed E-state index contributed by atoms with van der Waals surface area (Å²) in [5, 5.41) is 6.39. The van der Waals surface area contributed by atoms with Crippen LogP contribution in [-0.2, 0) is 0 Å². The van der Waals surface area contributed by atoms with Crippen LogP contribution in [0.2, 0.25) is 5.02 Å². The maximum absolute atomic E-state index is 12.1. The van der Waals surface area contributed by atoms with Gasteiger partial charge in [-0.2, -0.15) is 0 Å². The number of rotatable bonds is 3. The van der Waals surface area contributed by atoms with Gasteiger partial charge in [0.05, 0.1) is 10.7 Å². The smallest absolute Gasteiger partial charge is 0.257 e. The van der Waals surface area contributed by atoms with Gasteiger partial charge in [-0.05, 0) is 54.7 Å². The second-order valence-electron chi connectivity index (χ2n) is 5.03. The third-order valence-electron chi connectivity index (χ3n) is 3.35. The third kappa shape index (κ3) is 3.82. The van der Waals surface area contributed by atoms with Gasteiger partial charge in [0, 0.05) is 23.6 Å². The zero-order valence-electron chi connectivity index (χ0n) is 12.6. The SMILES string of the molecule is O=C(NC(=S)Nc1ccc(-n2cccc2)c(Cl)c1)c1ccccc1. The molecule has 0 bridgehead atoms. The van der Waals surface area contributed by atoms with Crippen LogP contribution in [0.4, 0.5) is 5.69 Å². The summed E-state index contributed by atoms with van der Waals surface area (Å²) in [5.41, 5.74) is 2.11. The second-order valence-corrected chi connectivity index (χ2v) is 5.85. The van der Waals surface area contributed by atoms with Crippen molar-refractivity contribution in [2.75, 3.05) is 5.32 Å². The number of carbonyl (C=O) groups is 1. The third-order valence-corrected chi connectivity index (χ3v) is 3.86. The van der Waals surface area contributed by atoms with E-state index >= 15 is 0 Å². The van der Waals surface area contributed by atoms with Crippen LogP contribution in [-0.4, -0.2) is 15.6 Å². The molecule has 3 rings (SSSR count). The second kappa shape index (κ2) is 7.29. The summed E-state index contributed by atoms with van der Waals surface area (Å²) in [4.78, 5) is 12.1. The lowest BCUT2D eigenvalue weighted by Gasteiger charge is -2.12. The van der Waals surface area contributed by atoms with Crippen molar-refractivity contribution >= 4 is 40.5 Å². The topological polar surface area (TPSA) is 46.1 Å². The molecule has 0 saturated heterocycles. The Bertz CT molecular complexity index is 863. The van der Waals surface area contributed by atoms with Crippen LogP contribution in [0.15, 0.2) is 73.1 Å². The molecule has 24 heavy (non-hydrogen) atoms. The van der Waals surface area contributed by atoms with E-state index in [1.165, 1.54) is 0 Å². The first kappa shape index (κ1) is 16.2. The van der Waals surface area contributed by atoms with Gasteiger partial charge in [-0.15, -0.1) is 0 Å². The average molecular weight is 356 g/mol. The van der Waals surface area contributed by atoms with E-state index < -0.39 is 0 Å². The molecule has 0 spiro atoms. The highest BCUT2D eigenvalue weighted by Crippen LogP contribution is 2.24. The van der Waals surface area contributed by atoms with Crippen LogP contribution in [0.3, 0.4) is 0 Å². The molecule has 1 heterocycles. The Labute approximate surface area is 150 Å². The molecule has 4 nitrogen and oxygen atoms in total. The van der Waals surface area contributed by atoms with Crippen molar-refractivity contribution in [1.82, 2.24) is 9.88 Å². The summed E-state index contributed by atoms with van der Waals surface area (Å²) in [5.74, 6) is -0.261. The van der Waals surface area contributed by atoms with Crippen molar-refractivity contribution in [2.45, 2.75) is 0 Å². The van der Waals surface area contributed by atoms with Crippen molar-refractivity contribution in [1.29, 1.82) is 0 Å². The summed E-state index contributed by atoms with van der Waals surface area (Å²) >= 11 is 11.5. The van der Waals surface area contributed by atoms with Gasteiger partial charge in [-0.1, -0.05) is 29.8 Å². The summed E-state index contributed by atoms with van der Waals surface area (Å²) in [7, 11) is 0. The van der Waals surface area contributed by atoms with Crippen LogP contribution < -0.4 is 10.6 Å². The highest BCUT2D eigenvalue weighted by atomic mass is 35.5. The van der Waals surface area contributed by atoms with Crippen LogP contribution in [0, 0.1) is 0 Å². The van der Waals surface area contributed by atoms with E-state index in [0.29, 0.717) is 16.3 Å². The predicted molar refractivity (Wildman–Crippen MR) is 101 cm³/mol. The molecule has 120 valence electrons. The summed E-state index contributed by atoms with van der Waals surface area (Å²) in [6.07, 6.45) is 3.83. The molecule has 0 unspecified atom stereocenters. The Morgan fingerprint density at radius 3 is 2.38 bits per heavy atom. The Hall–Kier alpha value is -2.63. The largest absolute Gasteiger partial charge is 0.332 e. The van der Waals surface area contributed by atoms with Gasteiger partial charge >= 0.3 is 0 Å². The minimum absolute atomic E-state index is 0.216. The normalized spacial score (nSPS) is 10.2. The monoisotopic (exact) mass is 355 g/mol. The van der Waals surface area contributed by atoms with E-state index in [-0.39, 0.29) is 11.0 Å². The Morgan fingerprint density at radius 2 is 1.71 bits per heavy atom. The number of carbonyl (C=O) groups excluding carboxylic acids is 1. The molecule has 0 aliphatic rings. The summed E-state index contributed by atoms with van der Waals surface area (Å²) < 4.78 is 1.92. The van der Waals surface area contributed by atoms with E-state index in [0.717, 1.165) is 5.69 Å². The van der Waals surface area contributed by atoms with Crippen LogP contribution in [0.5, 0.6) is 0 Å². The van der Waals surface area contributed by atoms with E-state index in [9.17, 15) is 4.79 Å². The zero-order chi connectivity index (χ0) is 16.9. The maximum atomic E-state index is 12.1. The highest BCUT2D eigenvalue weighted by Gasteiger charge is 2.08. The maximum Gasteiger partial charge on any atom is 0.257 e. The van der Waals surface area contributed by atoms with E-state index in [1.54, 1.807) is 30.3 Å². The number of halogens is 1. The van der Waals surface area contributed by atoms with Gasteiger partial charge in [-0.25, -0.2) is 0 Å². The summed E-state index contributed by atoms with van der Waals surface area (Å²) in [6, 6.07) is 18.2. The van der Waals surface area contributed by atoms with E-state index in [4.69, 9.17) is 23.8 Å². The molecule has 0 radical (unpaired) electrons. The first-order valence-corrected chi connectivity index (χ1v) is 8.02. The fourth-order valence-corrected chi connectivity index (χ4v) is 2.71. The standard InChI is InChI=1S/C18H14ClN3OS/c19-15-12-14(8-9-16(15)22-10-4-5-11-22)20-18(24)21-17(23)13-6-2-1-3-7-13/h1-12H,(H2,20,21,23,24). The number of hydrogen-bond donors (Lipinski definition) is 2. The molecule has 1 amide bonds. The molecule has 3 aromatic rings. The first-order chi connectivity index (χ1) is 11.6. The molecule has 0 atom stereocenters. The molecule has 6 heteroatoms. The molecule has 1 aromatic heterocycles. The van der Waals surface area contributed by atoms with Crippen molar-refractivity contribution in [3.8, 4) is 5.69 Å². The zero-order valence-corrected chi connectivity index (χ0v) is 14.1. The molecule has 2 N–H and O–H groups in total. The molecule has 0 fully saturated rings. The van der Waals surface area contributed by atoms with Crippen molar-refractivity contribution < 1.29 is 4.79 Å². The van der Waals surface area contributed by atoms with Gasteiger partial charge < -0.3 is 9.88 Å². The van der Waals surface area contributed by atoms with E-state index in [2.05, 4.69) is 10.6 Å². The fourth-order valence-electron chi connectivity index (χ4n) is 2.22. The van der Waals surface area contributed by atoms with E-state index in [1.807, 2.05) is 47.3 Å². The minimum atomic E-state index is -0.261. The first-order valence-electron chi connectivity index (χ1n) is 7.24. The lowest BCUT2D eigenvalue weighted by Crippen LogP contribution is -2.34. The number of nitrogens with one attached hydrogen (secondary N) is 2. The molecule has 0 saturated carbocycles. The number of amides is 1. The Kier molecular flexibility index (Phi) is 4.93. The fraction of sp³-hybridized carbons (Fsp3) is 0. The van der Waals surface area contributed by atoms with Gasteiger partial charge in [0.1, 0.15) is 0 Å². The number of nitrogens with zero attached hydrogens (tertiary/aromatic N) is 1. The van der Waals surface area contributed by atoms with Gasteiger partial charge in [-0.3, -0.25) is 10.1 Å². The van der Waals surface area contributed by atoms with Crippen LogP contribution in [0.1, 0.15) is 10.4 Å². The van der Waals surface area contributed by atoms with Crippen molar-refractivity contribution in [3.05, 3.63) is 83.6 Å². The lowest BCUT2D eigenvalue weighted by atomic mass is 10.2. The molecule has 2 aromatic carbocycles. The van der Waals surface area contributed by atoms with Crippen molar-refractivity contribution in [3.63, 3.8) is 0 Å². The lowest BCUT2D eigenvalue weighted by molar-refractivity contribution is 0.0977. The number of benzene rings is 2. The van der Waals surface area contributed by atoms with Crippen molar-refractivity contribution in [2.24, 2.45) is 0 Å². The molecule has 0 aliphatic carbocycles. The molecular formula is C18H14ClN3OS. The Balaban J connectivity index is 1.67. The van der Waals surface area contributed by atoms with Crippen LogP contribution >= 0.6 is 23.8 Å². The quantitative estimate of drug-likeness (QED) is 0.690. The van der Waals surface area contributed by atoms with Gasteiger partial charge in [0.15, 0.2) is 5.11 Å². The molecule has 0 aliphatic heterocycles. The highest BCUT2D eigenvalue weighted by molar-refractivity contribution is 7.80. The Morgan fingerprint density at radius 1 is 1.00 bits per heavy atom. The van der Waals surface area contributed by atoms with Gasteiger partial charge in [0.25, 0.3) is 5.91 Å². The minimum Gasteiger partial charge on any atom is -0.332 e. The number of thiocarbonyl (C=S) groups is 1. The number of aromatic nitrogens is 1. The predicted octanol–water partition coefficient (Wildman–Crippen LogP) is 4.26. The number of hydrogen-bond acceptors (Lipinski definition) is 2. The summed E-state index contributed by atoms with van der Waals surface area (Å²) in [6.45, 7) is 0. The van der Waals surface area contributed by atoms with Gasteiger partial charge in [0.2, 0.25) is 0 Å². The average Bonchev–Trinajstić information content (AvgIpc) is 3.10. The molecular weight excluding hydrogens is 342 g/mol. The number of anilines is 1. The van der Waals surface area contributed by atoms with Crippen LogP contribution in [0.25, 0.3) is 5.69 Å².